The Morgan fingerprint density at radius 1 is 1.40 bits per heavy atom. The molecule has 1 aliphatic heterocycles. The fourth-order valence-electron chi connectivity index (χ4n) is 1.11. The van der Waals surface area contributed by atoms with Gasteiger partial charge in [-0.25, -0.2) is 13.2 Å². The predicted molar refractivity (Wildman–Crippen MR) is 54.0 cm³/mol. The first-order valence-electron chi connectivity index (χ1n) is 4.43. The van der Waals surface area contributed by atoms with Crippen molar-refractivity contribution in [2.45, 2.75) is 18.6 Å². The second kappa shape index (κ2) is 3.48. The SMILES string of the molecule is CC(C)(CN1C(=O)CNC1=O)S(C)(=O)=O. The van der Waals surface area contributed by atoms with Crippen molar-refractivity contribution in [3.63, 3.8) is 0 Å². The maximum absolute atomic E-state index is 11.4. The summed E-state index contributed by atoms with van der Waals surface area (Å²) in [5.41, 5.74) is 0. The molecule has 1 N–H and O–H groups in total. The summed E-state index contributed by atoms with van der Waals surface area (Å²) in [6, 6.07) is -0.531. The Kier molecular flexibility index (Phi) is 2.77. The molecule has 0 unspecified atom stereocenters. The average Bonchev–Trinajstić information content (AvgIpc) is 2.33. The zero-order valence-electron chi connectivity index (χ0n) is 8.90. The molecule has 1 rings (SSSR count). The highest BCUT2D eigenvalue weighted by Crippen LogP contribution is 2.18. The quantitative estimate of drug-likeness (QED) is 0.658. The van der Waals surface area contributed by atoms with Crippen molar-refractivity contribution in [3.05, 3.63) is 0 Å². The third kappa shape index (κ3) is 2.28. The summed E-state index contributed by atoms with van der Waals surface area (Å²) in [6.07, 6.45) is 1.09. The molecule has 0 bridgehead atoms. The van der Waals surface area contributed by atoms with Crippen molar-refractivity contribution < 1.29 is 18.0 Å². The number of rotatable bonds is 3. The van der Waals surface area contributed by atoms with Gasteiger partial charge in [-0.1, -0.05) is 0 Å². The van der Waals surface area contributed by atoms with E-state index in [9.17, 15) is 18.0 Å². The van der Waals surface area contributed by atoms with Crippen LogP contribution >= 0.6 is 0 Å². The molecule has 0 spiro atoms. The van der Waals surface area contributed by atoms with Crippen molar-refractivity contribution in [2.24, 2.45) is 0 Å². The van der Waals surface area contributed by atoms with E-state index in [1.807, 2.05) is 0 Å². The Balaban J connectivity index is 2.87. The average molecular weight is 234 g/mol. The van der Waals surface area contributed by atoms with E-state index in [1.165, 1.54) is 13.8 Å². The minimum absolute atomic E-state index is 0.0569. The van der Waals surface area contributed by atoms with Gasteiger partial charge in [0.05, 0.1) is 11.3 Å². The molecule has 3 amide bonds. The van der Waals surface area contributed by atoms with Crippen molar-refractivity contribution in [2.75, 3.05) is 19.3 Å². The van der Waals surface area contributed by atoms with Crippen LogP contribution in [0.5, 0.6) is 0 Å². The van der Waals surface area contributed by atoms with Crippen molar-refractivity contribution in [3.8, 4) is 0 Å². The second-order valence-corrected chi connectivity index (χ2v) is 6.82. The molecule has 7 heteroatoms. The third-order valence-corrected chi connectivity index (χ3v) is 4.62. The maximum Gasteiger partial charge on any atom is 0.324 e. The van der Waals surface area contributed by atoms with Crippen LogP contribution in [-0.4, -0.2) is 49.3 Å². The summed E-state index contributed by atoms with van der Waals surface area (Å²) < 4.78 is 21.6. The third-order valence-electron chi connectivity index (χ3n) is 2.48. The van der Waals surface area contributed by atoms with Crippen LogP contribution in [0.4, 0.5) is 4.79 Å². The number of amides is 3. The van der Waals surface area contributed by atoms with Crippen molar-refractivity contribution >= 4 is 21.8 Å². The monoisotopic (exact) mass is 234 g/mol. The van der Waals surface area contributed by atoms with Crippen molar-refractivity contribution in [1.29, 1.82) is 0 Å². The number of imide groups is 1. The largest absolute Gasteiger partial charge is 0.329 e. The van der Waals surface area contributed by atoms with E-state index in [0.29, 0.717) is 0 Å². The lowest BCUT2D eigenvalue weighted by Crippen LogP contribution is -2.46. The van der Waals surface area contributed by atoms with Crippen LogP contribution in [0.1, 0.15) is 13.8 Å². The molecule has 0 saturated carbocycles. The topological polar surface area (TPSA) is 83.6 Å². The number of nitrogens with zero attached hydrogens (tertiary/aromatic N) is 1. The molecule has 1 fully saturated rings. The first-order chi connectivity index (χ1) is 6.65. The van der Waals surface area contributed by atoms with Crippen LogP contribution in [0.3, 0.4) is 0 Å². The standard InChI is InChI=1S/C8H14N2O4S/c1-8(2,15(3,13)14)5-10-6(11)4-9-7(10)12/h4-5H2,1-3H3,(H,9,12). The van der Waals surface area contributed by atoms with Gasteiger partial charge in [-0.3, -0.25) is 9.69 Å². The van der Waals surface area contributed by atoms with Crippen molar-refractivity contribution in [1.82, 2.24) is 10.2 Å². The molecule has 1 saturated heterocycles. The number of urea groups is 1. The first kappa shape index (κ1) is 12.0. The fourth-order valence-corrected chi connectivity index (χ4v) is 1.48. The number of carbonyl (C=O) groups is 2. The zero-order valence-corrected chi connectivity index (χ0v) is 9.72. The number of hydrogen-bond donors (Lipinski definition) is 1. The molecule has 0 aromatic heterocycles. The molecule has 86 valence electrons. The lowest BCUT2D eigenvalue weighted by molar-refractivity contribution is -0.125. The smallest absolute Gasteiger partial charge is 0.324 e. The van der Waals surface area contributed by atoms with E-state index in [4.69, 9.17) is 0 Å². The summed E-state index contributed by atoms with van der Waals surface area (Å²) in [7, 11) is -3.31. The van der Waals surface area contributed by atoms with Gasteiger partial charge in [0.15, 0.2) is 9.84 Å². The van der Waals surface area contributed by atoms with Gasteiger partial charge in [-0.15, -0.1) is 0 Å². The van der Waals surface area contributed by atoms with Gasteiger partial charge in [-0.05, 0) is 13.8 Å². The van der Waals surface area contributed by atoms with Crippen LogP contribution in [0, 0.1) is 0 Å². The Labute approximate surface area is 88.5 Å². The number of sulfone groups is 1. The predicted octanol–water partition coefficient (Wildman–Crippen LogP) is -0.639. The Hall–Kier alpha value is -1.11. The first-order valence-corrected chi connectivity index (χ1v) is 6.32. The summed E-state index contributed by atoms with van der Waals surface area (Å²) in [5.74, 6) is -0.392. The fraction of sp³-hybridized carbons (Fsp3) is 0.750. The normalized spacial score (nSPS) is 18.2. The van der Waals surface area contributed by atoms with Crippen LogP contribution in [0.2, 0.25) is 0 Å². The van der Waals surface area contributed by atoms with E-state index in [1.54, 1.807) is 0 Å². The summed E-state index contributed by atoms with van der Waals surface area (Å²) in [4.78, 5) is 23.4. The Bertz CT molecular complexity index is 383. The molecule has 0 atom stereocenters. The van der Waals surface area contributed by atoms with Crippen LogP contribution in [0.25, 0.3) is 0 Å². The van der Waals surface area contributed by atoms with Crippen LogP contribution in [-0.2, 0) is 14.6 Å². The van der Waals surface area contributed by atoms with E-state index in [-0.39, 0.29) is 13.1 Å². The highest BCUT2D eigenvalue weighted by Gasteiger charge is 2.38. The highest BCUT2D eigenvalue weighted by atomic mass is 32.2. The maximum atomic E-state index is 11.4. The number of hydrogen-bond acceptors (Lipinski definition) is 4. The Morgan fingerprint density at radius 3 is 2.27 bits per heavy atom. The van der Waals surface area contributed by atoms with Gasteiger partial charge >= 0.3 is 6.03 Å². The van der Waals surface area contributed by atoms with Gasteiger partial charge in [0.25, 0.3) is 0 Å². The minimum atomic E-state index is -3.31. The molecular formula is C8H14N2O4S. The van der Waals surface area contributed by atoms with Gasteiger partial charge in [0.1, 0.15) is 0 Å². The molecule has 0 aromatic carbocycles. The summed E-state index contributed by atoms with van der Waals surface area (Å²) in [6.45, 7) is 2.80. The summed E-state index contributed by atoms with van der Waals surface area (Å²) >= 11 is 0. The lowest BCUT2D eigenvalue weighted by atomic mass is 10.2. The molecule has 6 nitrogen and oxygen atoms in total. The van der Waals surface area contributed by atoms with E-state index < -0.39 is 26.5 Å². The van der Waals surface area contributed by atoms with E-state index >= 15 is 0 Å². The van der Waals surface area contributed by atoms with E-state index in [0.717, 1.165) is 11.2 Å². The Morgan fingerprint density at radius 2 is 1.93 bits per heavy atom. The molecule has 0 aromatic rings. The molecule has 15 heavy (non-hydrogen) atoms. The highest BCUT2D eigenvalue weighted by molar-refractivity contribution is 7.92. The van der Waals surface area contributed by atoms with Gasteiger partial charge in [0, 0.05) is 12.8 Å². The van der Waals surface area contributed by atoms with Crippen LogP contribution in [0.15, 0.2) is 0 Å². The summed E-state index contributed by atoms with van der Waals surface area (Å²) in [5, 5.41) is 2.34. The molecular weight excluding hydrogens is 220 g/mol. The molecule has 0 radical (unpaired) electrons. The molecule has 0 aliphatic carbocycles. The van der Waals surface area contributed by atoms with Gasteiger partial charge in [-0.2, -0.15) is 0 Å². The van der Waals surface area contributed by atoms with E-state index in [2.05, 4.69) is 5.32 Å². The number of carbonyl (C=O) groups excluding carboxylic acids is 2. The zero-order chi connectivity index (χ0) is 11.9. The van der Waals surface area contributed by atoms with Crippen LogP contribution < -0.4 is 5.32 Å². The molecule has 1 heterocycles. The lowest BCUT2D eigenvalue weighted by Gasteiger charge is -2.26. The van der Waals surface area contributed by atoms with Gasteiger partial charge < -0.3 is 5.32 Å². The minimum Gasteiger partial charge on any atom is -0.329 e. The number of nitrogens with one attached hydrogen (secondary N) is 1. The second-order valence-electron chi connectivity index (χ2n) is 4.17. The molecule has 1 aliphatic rings. The van der Waals surface area contributed by atoms with Gasteiger partial charge in [0.2, 0.25) is 5.91 Å².